The Morgan fingerprint density at radius 3 is 1.79 bits per heavy atom. The molecule has 0 saturated carbocycles. The summed E-state index contributed by atoms with van der Waals surface area (Å²) >= 11 is 0. The van der Waals surface area contributed by atoms with Crippen molar-refractivity contribution in [2.24, 2.45) is 0 Å². The van der Waals surface area contributed by atoms with Crippen molar-refractivity contribution in [2.45, 2.75) is 0 Å². The first kappa shape index (κ1) is 30.7. The average Bonchev–Trinajstić information content (AvgIpc) is 3.63. The summed E-state index contributed by atoms with van der Waals surface area (Å²) < 4.78 is 6.54. The normalized spacial score (nSPS) is 11.4. The first-order chi connectivity index (χ1) is 26.2. The van der Waals surface area contributed by atoms with Gasteiger partial charge in [-0.25, -0.2) is 9.97 Å². The van der Waals surface area contributed by atoms with E-state index in [0.717, 1.165) is 83.4 Å². The molecule has 0 aliphatic heterocycles. The van der Waals surface area contributed by atoms with Gasteiger partial charge in [0, 0.05) is 33.0 Å². The van der Waals surface area contributed by atoms with Crippen molar-refractivity contribution in [3.63, 3.8) is 0 Å². The van der Waals surface area contributed by atoms with Gasteiger partial charge in [-0.15, -0.1) is 0 Å². The summed E-state index contributed by atoms with van der Waals surface area (Å²) in [5.41, 5.74) is 13.1. The number of furan rings is 1. The molecule has 3 heteroatoms. The van der Waals surface area contributed by atoms with Crippen molar-refractivity contribution in [3.05, 3.63) is 194 Å². The molecule has 0 aliphatic carbocycles. The molecule has 0 amide bonds. The largest absolute Gasteiger partial charge is 0.455 e. The maximum atomic E-state index is 6.54. The van der Waals surface area contributed by atoms with Crippen LogP contribution in [0.25, 0.3) is 100.0 Å². The molecule has 3 nitrogen and oxygen atoms in total. The van der Waals surface area contributed by atoms with Crippen molar-refractivity contribution in [1.82, 2.24) is 9.97 Å². The second-order valence-electron chi connectivity index (χ2n) is 13.4. The molecule has 0 aliphatic rings. The van der Waals surface area contributed by atoms with Gasteiger partial charge in [0.25, 0.3) is 0 Å². The molecule has 10 aromatic rings. The standard InChI is InChI=1S/C50H32N2O/c1-3-14-33(15-4-1)38-29-39(42-23-13-24-45-44-22-11-12-25-48(44)53-49(42)45)31-40(30-38)46-32-47(52-50(51-46)35-17-5-2-6-18-35)43-21-10-9-20-41(43)37-27-26-34-16-7-8-19-36(34)28-37/h1-32H. The fourth-order valence-corrected chi connectivity index (χ4v) is 7.47. The highest BCUT2D eigenvalue weighted by atomic mass is 16.3. The minimum atomic E-state index is 0.678. The first-order valence-corrected chi connectivity index (χ1v) is 17.9. The summed E-state index contributed by atoms with van der Waals surface area (Å²) in [6, 6.07) is 68.0. The van der Waals surface area contributed by atoms with E-state index in [9.17, 15) is 0 Å². The average molecular weight is 677 g/mol. The van der Waals surface area contributed by atoms with Crippen molar-refractivity contribution < 1.29 is 4.42 Å². The number of benzene rings is 8. The minimum Gasteiger partial charge on any atom is -0.455 e. The summed E-state index contributed by atoms with van der Waals surface area (Å²) in [4.78, 5) is 10.5. The SMILES string of the molecule is c1ccc(-c2cc(-c3cc(-c4ccccc4-c4ccc5ccccc5c4)nc(-c4ccccc4)n3)cc(-c3cccc4c3oc3ccccc34)c2)cc1. The van der Waals surface area contributed by atoms with Gasteiger partial charge in [-0.2, -0.15) is 0 Å². The molecule has 0 N–H and O–H groups in total. The number of rotatable bonds is 6. The van der Waals surface area contributed by atoms with Gasteiger partial charge in [-0.05, 0) is 75.0 Å². The van der Waals surface area contributed by atoms with Crippen molar-refractivity contribution in [1.29, 1.82) is 0 Å². The minimum absolute atomic E-state index is 0.678. The zero-order chi connectivity index (χ0) is 35.1. The van der Waals surface area contributed by atoms with Crippen LogP contribution in [0.3, 0.4) is 0 Å². The lowest BCUT2D eigenvalue weighted by Gasteiger charge is -2.15. The molecule has 10 rings (SSSR count). The molecule has 0 unspecified atom stereocenters. The van der Waals surface area contributed by atoms with Crippen LogP contribution in [0.15, 0.2) is 199 Å². The molecule has 8 aromatic carbocycles. The zero-order valence-electron chi connectivity index (χ0n) is 28.8. The maximum absolute atomic E-state index is 6.54. The van der Waals surface area contributed by atoms with Crippen molar-refractivity contribution in [3.8, 4) is 67.3 Å². The second kappa shape index (κ2) is 12.9. The van der Waals surface area contributed by atoms with Crippen LogP contribution in [-0.4, -0.2) is 9.97 Å². The third kappa shape index (κ3) is 5.65. The van der Waals surface area contributed by atoms with E-state index in [1.54, 1.807) is 0 Å². The fraction of sp³-hybridized carbons (Fsp3) is 0. The van der Waals surface area contributed by atoms with Crippen LogP contribution in [-0.2, 0) is 0 Å². The van der Waals surface area contributed by atoms with E-state index in [2.05, 4.69) is 164 Å². The highest BCUT2D eigenvalue weighted by Crippen LogP contribution is 2.40. The van der Waals surface area contributed by atoms with Gasteiger partial charge in [0.05, 0.1) is 11.4 Å². The molecule has 0 atom stereocenters. The lowest BCUT2D eigenvalue weighted by atomic mass is 9.92. The molecule has 2 aromatic heterocycles. The summed E-state index contributed by atoms with van der Waals surface area (Å²) in [6.45, 7) is 0. The second-order valence-corrected chi connectivity index (χ2v) is 13.4. The van der Waals surface area contributed by atoms with Crippen LogP contribution in [0.5, 0.6) is 0 Å². The molecule has 2 heterocycles. The Hall–Kier alpha value is -7.10. The smallest absolute Gasteiger partial charge is 0.160 e. The molecule has 0 spiro atoms. The van der Waals surface area contributed by atoms with Crippen LogP contribution in [0, 0.1) is 0 Å². The Kier molecular flexibility index (Phi) is 7.47. The number of fused-ring (bicyclic) bond motifs is 4. The van der Waals surface area contributed by atoms with Gasteiger partial charge in [-0.3, -0.25) is 0 Å². The highest BCUT2D eigenvalue weighted by Gasteiger charge is 2.18. The molecule has 0 bridgehead atoms. The Bertz CT molecular complexity index is 2950. The van der Waals surface area contributed by atoms with Gasteiger partial charge in [0.2, 0.25) is 0 Å². The van der Waals surface area contributed by atoms with E-state index >= 15 is 0 Å². The van der Waals surface area contributed by atoms with Gasteiger partial charge in [0.15, 0.2) is 5.82 Å². The predicted octanol–water partition coefficient (Wildman–Crippen LogP) is 13.5. The lowest BCUT2D eigenvalue weighted by Crippen LogP contribution is -1.97. The van der Waals surface area contributed by atoms with Gasteiger partial charge in [0.1, 0.15) is 11.2 Å². The summed E-state index contributed by atoms with van der Waals surface area (Å²) in [6.07, 6.45) is 0. The van der Waals surface area contributed by atoms with Gasteiger partial charge in [-0.1, -0.05) is 158 Å². The molecule has 0 fully saturated rings. The van der Waals surface area contributed by atoms with Gasteiger partial charge < -0.3 is 4.42 Å². The Morgan fingerprint density at radius 1 is 0.321 bits per heavy atom. The van der Waals surface area contributed by atoms with Crippen LogP contribution < -0.4 is 0 Å². The molecule has 0 radical (unpaired) electrons. The zero-order valence-corrected chi connectivity index (χ0v) is 28.8. The van der Waals surface area contributed by atoms with Crippen LogP contribution in [0.2, 0.25) is 0 Å². The van der Waals surface area contributed by atoms with E-state index in [0.29, 0.717) is 5.82 Å². The molecule has 248 valence electrons. The van der Waals surface area contributed by atoms with Crippen LogP contribution in [0.1, 0.15) is 0 Å². The van der Waals surface area contributed by atoms with E-state index in [1.165, 1.54) is 10.8 Å². The van der Waals surface area contributed by atoms with Gasteiger partial charge >= 0.3 is 0 Å². The van der Waals surface area contributed by atoms with Crippen molar-refractivity contribution in [2.75, 3.05) is 0 Å². The van der Waals surface area contributed by atoms with E-state index < -0.39 is 0 Å². The summed E-state index contributed by atoms with van der Waals surface area (Å²) in [5, 5.41) is 4.64. The predicted molar refractivity (Wildman–Crippen MR) is 219 cm³/mol. The lowest BCUT2D eigenvalue weighted by molar-refractivity contribution is 0.670. The topological polar surface area (TPSA) is 38.9 Å². The Morgan fingerprint density at radius 2 is 0.943 bits per heavy atom. The number of hydrogen-bond acceptors (Lipinski definition) is 3. The van der Waals surface area contributed by atoms with E-state index in [1.807, 2.05) is 30.3 Å². The summed E-state index contributed by atoms with van der Waals surface area (Å²) in [5.74, 6) is 0.678. The van der Waals surface area contributed by atoms with E-state index in [4.69, 9.17) is 14.4 Å². The van der Waals surface area contributed by atoms with E-state index in [-0.39, 0.29) is 0 Å². The molecular formula is C50H32N2O. The number of hydrogen-bond donors (Lipinski definition) is 0. The van der Waals surface area contributed by atoms with Crippen LogP contribution in [0.4, 0.5) is 0 Å². The molecular weight excluding hydrogens is 645 g/mol. The maximum Gasteiger partial charge on any atom is 0.160 e. The third-order valence-corrected chi connectivity index (χ3v) is 10.1. The van der Waals surface area contributed by atoms with Crippen molar-refractivity contribution >= 4 is 32.7 Å². The highest BCUT2D eigenvalue weighted by molar-refractivity contribution is 6.10. The summed E-state index contributed by atoms with van der Waals surface area (Å²) in [7, 11) is 0. The van der Waals surface area contributed by atoms with Crippen LogP contribution >= 0.6 is 0 Å². The fourth-order valence-electron chi connectivity index (χ4n) is 7.47. The molecule has 0 saturated heterocycles. The number of para-hydroxylation sites is 2. The number of aromatic nitrogens is 2. The third-order valence-electron chi connectivity index (χ3n) is 10.1. The monoisotopic (exact) mass is 676 g/mol. The Labute approximate surface area is 307 Å². The first-order valence-electron chi connectivity index (χ1n) is 17.9. The molecule has 53 heavy (non-hydrogen) atoms. The quantitative estimate of drug-likeness (QED) is 0.176. The Balaban J connectivity index is 1.20. The number of nitrogens with zero attached hydrogens (tertiary/aromatic N) is 2.